The van der Waals surface area contributed by atoms with Gasteiger partial charge in [0.25, 0.3) is 0 Å². The lowest BCUT2D eigenvalue weighted by Gasteiger charge is -2.44. The molecule has 1 aromatic rings. The molecule has 110 valence electrons. The predicted molar refractivity (Wildman–Crippen MR) is 77.4 cm³/mol. The Bertz CT molecular complexity index is 452. The van der Waals surface area contributed by atoms with Crippen LogP contribution in [0.5, 0.6) is 0 Å². The minimum absolute atomic E-state index is 0.00146. The topological polar surface area (TPSA) is 57.4 Å². The van der Waals surface area contributed by atoms with Crippen molar-refractivity contribution < 1.29 is 9.47 Å². The van der Waals surface area contributed by atoms with E-state index < -0.39 is 0 Å². The zero-order chi connectivity index (χ0) is 14.0. The summed E-state index contributed by atoms with van der Waals surface area (Å²) in [7, 11) is 0. The predicted octanol–water partition coefficient (Wildman–Crippen LogP) is 2.37. The average Bonchev–Trinajstić information content (AvgIpc) is 2.48. The molecule has 0 aromatic carbocycles. The van der Waals surface area contributed by atoms with E-state index in [1.165, 1.54) is 5.56 Å². The van der Waals surface area contributed by atoms with Gasteiger partial charge in [0.05, 0.1) is 17.3 Å². The van der Waals surface area contributed by atoms with Crippen molar-refractivity contribution in [1.29, 1.82) is 0 Å². The first-order valence-electron chi connectivity index (χ1n) is 7.59. The number of pyridine rings is 1. The van der Waals surface area contributed by atoms with E-state index in [-0.39, 0.29) is 11.6 Å². The van der Waals surface area contributed by atoms with Crippen LogP contribution in [0.15, 0.2) is 18.3 Å². The molecule has 4 nitrogen and oxygen atoms in total. The van der Waals surface area contributed by atoms with Gasteiger partial charge in [0.2, 0.25) is 0 Å². The molecule has 2 unspecified atom stereocenters. The van der Waals surface area contributed by atoms with E-state index in [0.717, 1.165) is 51.2 Å². The highest BCUT2D eigenvalue weighted by Crippen LogP contribution is 2.41. The third-order valence-corrected chi connectivity index (χ3v) is 4.81. The Kier molecular flexibility index (Phi) is 4.06. The summed E-state index contributed by atoms with van der Waals surface area (Å²) in [5.41, 5.74) is 8.74. The van der Waals surface area contributed by atoms with E-state index in [4.69, 9.17) is 15.2 Å². The minimum atomic E-state index is 0.00146. The van der Waals surface area contributed by atoms with Crippen molar-refractivity contribution in [1.82, 2.24) is 4.98 Å². The molecule has 2 aliphatic heterocycles. The number of rotatable bonds is 2. The summed E-state index contributed by atoms with van der Waals surface area (Å²) < 4.78 is 11.6. The van der Waals surface area contributed by atoms with Gasteiger partial charge in [0.15, 0.2) is 0 Å². The van der Waals surface area contributed by atoms with Crippen molar-refractivity contribution in [3.8, 4) is 0 Å². The monoisotopic (exact) mass is 276 g/mol. The number of aryl methyl sites for hydroxylation is 1. The van der Waals surface area contributed by atoms with Gasteiger partial charge in [0, 0.05) is 26.0 Å². The summed E-state index contributed by atoms with van der Waals surface area (Å²) in [6.45, 7) is 4.52. The van der Waals surface area contributed by atoms with Gasteiger partial charge in [0.1, 0.15) is 0 Å². The fourth-order valence-corrected chi connectivity index (χ4v) is 3.53. The molecule has 0 radical (unpaired) electrons. The fraction of sp³-hybridized carbons (Fsp3) is 0.688. The standard InChI is InChI=1S/C16H24N2O2/c1-12-3-2-7-18-15(12)14(17)13-4-8-20-16(11-13)5-9-19-10-6-16/h2-3,7,13-14H,4-6,8-11,17H2,1H3. The molecule has 1 aromatic heterocycles. The van der Waals surface area contributed by atoms with Gasteiger partial charge >= 0.3 is 0 Å². The summed E-state index contributed by atoms with van der Waals surface area (Å²) in [4.78, 5) is 4.50. The van der Waals surface area contributed by atoms with Crippen LogP contribution >= 0.6 is 0 Å². The molecule has 2 N–H and O–H groups in total. The van der Waals surface area contributed by atoms with Crippen molar-refractivity contribution in [2.24, 2.45) is 11.7 Å². The van der Waals surface area contributed by atoms with E-state index in [0.29, 0.717) is 5.92 Å². The lowest BCUT2D eigenvalue weighted by molar-refractivity contribution is -0.149. The summed E-state index contributed by atoms with van der Waals surface area (Å²) in [5.74, 6) is 0.454. The third kappa shape index (κ3) is 2.73. The van der Waals surface area contributed by atoms with Crippen LogP contribution in [0, 0.1) is 12.8 Å². The van der Waals surface area contributed by atoms with Gasteiger partial charge in [-0.25, -0.2) is 0 Å². The lowest BCUT2D eigenvalue weighted by Crippen LogP contribution is -2.46. The molecule has 20 heavy (non-hydrogen) atoms. The van der Waals surface area contributed by atoms with Crippen molar-refractivity contribution >= 4 is 0 Å². The molecule has 2 atom stereocenters. The van der Waals surface area contributed by atoms with Crippen LogP contribution in [0.3, 0.4) is 0 Å². The number of ether oxygens (including phenoxy) is 2. The molecule has 1 spiro atoms. The van der Waals surface area contributed by atoms with Gasteiger partial charge in [-0.15, -0.1) is 0 Å². The van der Waals surface area contributed by atoms with Gasteiger partial charge in [-0.05, 0) is 50.2 Å². The first-order chi connectivity index (χ1) is 9.70. The van der Waals surface area contributed by atoms with Crippen LogP contribution in [0.1, 0.15) is 43.0 Å². The molecule has 2 aliphatic rings. The molecular weight excluding hydrogens is 252 g/mol. The largest absolute Gasteiger partial charge is 0.381 e. The van der Waals surface area contributed by atoms with E-state index in [2.05, 4.69) is 18.0 Å². The maximum atomic E-state index is 6.51. The fourth-order valence-electron chi connectivity index (χ4n) is 3.53. The Morgan fingerprint density at radius 3 is 2.90 bits per heavy atom. The second-order valence-electron chi connectivity index (χ2n) is 6.13. The Morgan fingerprint density at radius 1 is 1.35 bits per heavy atom. The molecule has 0 bridgehead atoms. The van der Waals surface area contributed by atoms with Crippen molar-refractivity contribution in [3.05, 3.63) is 29.6 Å². The normalized spacial score (nSPS) is 27.4. The summed E-state index contributed by atoms with van der Waals surface area (Å²) >= 11 is 0. The number of nitrogens with zero attached hydrogens (tertiary/aromatic N) is 1. The first kappa shape index (κ1) is 14.0. The summed E-state index contributed by atoms with van der Waals surface area (Å²) in [6.07, 6.45) is 5.90. The van der Waals surface area contributed by atoms with Gasteiger partial charge in [-0.2, -0.15) is 0 Å². The average molecular weight is 276 g/mol. The molecule has 4 heteroatoms. The minimum Gasteiger partial charge on any atom is -0.381 e. The molecule has 0 saturated carbocycles. The Hall–Kier alpha value is -0.970. The number of aromatic nitrogens is 1. The molecule has 2 saturated heterocycles. The van der Waals surface area contributed by atoms with Crippen molar-refractivity contribution in [3.63, 3.8) is 0 Å². The third-order valence-electron chi connectivity index (χ3n) is 4.81. The first-order valence-corrected chi connectivity index (χ1v) is 7.59. The summed E-state index contributed by atoms with van der Waals surface area (Å²) in [5, 5.41) is 0. The van der Waals surface area contributed by atoms with Gasteiger partial charge < -0.3 is 15.2 Å². The zero-order valence-electron chi connectivity index (χ0n) is 12.2. The maximum Gasteiger partial charge on any atom is 0.0729 e. The highest BCUT2D eigenvalue weighted by atomic mass is 16.5. The summed E-state index contributed by atoms with van der Waals surface area (Å²) in [6, 6.07) is 4.07. The lowest BCUT2D eigenvalue weighted by atomic mass is 9.77. The van der Waals surface area contributed by atoms with E-state index >= 15 is 0 Å². The van der Waals surface area contributed by atoms with Crippen molar-refractivity contribution in [2.45, 2.75) is 44.2 Å². The maximum absolute atomic E-state index is 6.51. The highest BCUT2D eigenvalue weighted by molar-refractivity contribution is 5.21. The van der Waals surface area contributed by atoms with Crippen LogP contribution in [0.4, 0.5) is 0 Å². The number of nitrogens with two attached hydrogens (primary N) is 1. The highest BCUT2D eigenvalue weighted by Gasteiger charge is 2.41. The quantitative estimate of drug-likeness (QED) is 0.901. The Morgan fingerprint density at radius 2 is 2.15 bits per heavy atom. The van der Waals surface area contributed by atoms with Crippen LogP contribution < -0.4 is 5.73 Å². The van der Waals surface area contributed by atoms with E-state index in [1.54, 1.807) is 0 Å². The van der Waals surface area contributed by atoms with E-state index in [1.807, 2.05) is 12.3 Å². The Balaban J connectivity index is 1.75. The smallest absolute Gasteiger partial charge is 0.0729 e. The molecule has 0 aliphatic carbocycles. The molecule has 0 amide bonds. The molecule has 2 fully saturated rings. The molecule has 3 heterocycles. The Labute approximate surface area is 120 Å². The van der Waals surface area contributed by atoms with Crippen molar-refractivity contribution in [2.75, 3.05) is 19.8 Å². The zero-order valence-corrected chi connectivity index (χ0v) is 12.2. The number of hydrogen-bond acceptors (Lipinski definition) is 4. The van der Waals surface area contributed by atoms with Gasteiger partial charge in [-0.3, -0.25) is 4.98 Å². The van der Waals surface area contributed by atoms with E-state index in [9.17, 15) is 0 Å². The van der Waals surface area contributed by atoms with Crippen LogP contribution in [-0.4, -0.2) is 30.4 Å². The molecular formula is C16H24N2O2. The van der Waals surface area contributed by atoms with Crippen LogP contribution in [0.25, 0.3) is 0 Å². The SMILES string of the molecule is Cc1cccnc1C(N)C1CCOC2(CCOCC2)C1. The molecule has 3 rings (SSSR count). The van der Waals surface area contributed by atoms with Crippen LogP contribution in [0.2, 0.25) is 0 Å². The van der Waals surface area contributed by atoms with Gasteiger partial charge in [-0.1, -0.05) is 6.07 Å². The second-order valence-corrected chi connectivity index (χ2v) is 6.13. The van der Waals surface area contributed by atoms with Crippen LogP contribution in [-0.2, 0) is 9.47 Å². The second kappa shape index (κ2) is 5.80. The number of hydrogen-bond donors (Lipinski definition) is 1.